The first-order chi connectivity index (χ1) is 7.59. The summed E-state index contributed by atoms with van der Waals surface area (Å²) in [7, 11) is 0. The fourth-order valence-electron chi connectivity index (χ4n) is 1.30. The number of nitrogens with two attached hydrogens (primary N) is 1. The van der Waals surface area contributed by atoms with Crippen molar-refractivity contribution in [3.8, 4) is 0 Å². The Morgan fingerprint density at radius 2 is 2.06 bits per heavy atom. The Morgan fingerprint density at radius 3 is 2.69 bits per heavy atom. The summed E-state index contributed by atoms with van der Waals surface area (Å²) in [6.07, 6.45) is 2.32. The molecule has 3 N–H and O–H groups in total. The molecule has 0 fully saturated rings. The van der Waals surface area contributed by atoms with Crippen molar-refractivity contribution in [2.24, 2.45) is 0 Å². The van der Waals surface area contributed by atoms with Crippen molar-refractivity contribution in [1.82, 2.24) is 5.32 Å². The summed E-state index contributed by atoms with van der Waals surface area (Å²) in [6.45, 7) is 4.58. The first-order valence-electron chi connectivity index (χ1n) is 5.33. The number of benzene rings is 1. The minimum Gasteiger partial charge on any atom is -0.398 e. The number of para-hydroxylation sites is 1. The smallest absolute Gasteiger partial charge is 0.224 e. The second kappa shape index (κ2) is 5.95. The van der Waals surface area contributed by atoms with E-state index in [0.717, 1.165) is 5.56 Å². The minimum absolute atomic E-state index is 0.00426. The van der Waals surface area contributed by atoms with E-state index in [0.29, 0.717) is 18.7 Å². The summed E-state index contributed by atoms with van der Waals surface area (Å²) in [6, 6.07) is 7.42. The molecule has 0 unspecified atom stereocenters. The lowest BCUT2D eigenvalue weighted by molar-refractivity contribution is -0.120. The SMILES string of the molecule is CC(C)=CCNC(=O)Cc1ccccc1N. The molecule has 3 heteroatoms. The molecule has 0 aliphatic heterocycles. The highest BCUT2D eigenvalue weighted by molar-refractivity contribution is 5.80. The lowest BCUT2D eigenvalue weighted by atomic mass is 10.1. The van der Waals surface area contributed by atoms with Gasteiger partial charge in [-0.05, 0) is 25.5 Å². The van der Waals surface area contributed by atoms with Crippen LogP contribution in [0.3, 0.4) is 0 Å². The zero-order chi connectivity index (χ0) is 12.0. The van der Waals surface area contributed by atoms with Crippen LogP contribution in [0.2, 0.25) is 0 Å². The average molecular weight is 218 g/mol. The number of allylic oxidation sites excluding steroid dienone is 1. The Labute approximate surface area is 96.3 Å². The van der Waals surface area contributed by atoms with Crippen LogP contribution < -0.4 is 11.1 Å². The number of rotatable bonds is 4. The minimum atomic E-state index is -0.00426. The van der Waals surface area contributed by atoms with Crippen LogP contribution in [-0.2, 0) is 11.2 Å². The molecule has 0 spiro atoms. The van der Waals surface area contributed by atoms with Crippen molar-refractivity contribution in [3.05, 3.63) is 41.5 Å². The largest absolute Gasteiger partial charge is 0.398 e. The average Bonchev–Trinajstić information content (AvgIpc) is 2.21. The zero-order valence-corrected chi connectivity index (χ0v) is 9.79. The topological polar surface area (TPSA) is 55.1 Å². The van der Waals surface area contributed by atoms with Gasteiger partial charge in [0.15, 0.2) is 0 Å². The van der Waals surface area contributed by atoms with Crippen LogP contribution >= 0.6 is 0 Å². The van der Waals surface area contributed by atoms with Gasteiger partial charge in [-0.25, -0.2) is 0 Å². The zero-order valence-electron chi connectivity index (χ0n) is 9.79. The number of hydrogen-bond acceptors (Lipinski definition) is 2. The Bertz CT molecular complexity index is 393. The number of anilines is 1. The summed E-state index contributed by atoms with van der Waals surface area (Å²) in [5.41, 5.74) is 8.49. The quantitative estimate of drug-likeness (QED) is 0.599. The Morgan fingerprint density at radius 1 is 1.38 bits per heavy atom. The van der Waals surface area contributed by atoms with Crippen molar-refractivity contribution < 1.29 is 4.79 Å². The fourth-order valence-corrected chi connectivity index (χ4v) is 1.30. The predicted molar refractivity (Wildman–Crippen MR) is 67.0 cm³/mol. The van der Waals surface area contributed by atoms with Gasteiger partial charge in [0.1, 0.15) is 0 Å². The van der Waals surface area contributed by atoms with E-state index in [1.54, 1.807) is 6.07 Å². The molecule has 1 aromatic carbocycles. The van der Waals surface area contributed by atoms with Crippen LogP contribution in [0.25, 0.3) is 0 Å². The van der Waals surface area contributed by atoms with Crippen molar-refractivity contribution in [3.63, 3.8) is 0 Å². The standard InChI is InChI=1S/C13H18N2O/c1-10(2)7-8-15-13(16)9-11-5-3-4-6-12(11)14/h3-7H,8-9,14H2,1-2H3,(H,15,16). The van der Waals surface area contributed by atoms with Crippen LogP contribution in [-0.4, -0.2) is 12.5 Å². The van der Waals surface area contributed by atoms with Gasteiger partial charge in [0.2, 0.25) is 5.91 Å². The molecule has 0 saturated carbocycles. The summed E-state index contributed by atoms with van der Waals surface area (Å²) in [5, 5.41) is 2.82. The van der Waals surface area contributed by atoms with Crippen molar-refractivity contribution in [2.45, 2.75) is 20.3 Å². The molecule has 16 heavy (non-hydrogen) atoms. The van der Waals surface area contributed by atoms with E-state index in [-0.39, 0.29) is 5.91 Å². The summed E-state index contributed by atoms with van der Waals surface area (Å²) in [4.78, 5) is 11.6. The van der Waals surface area contributed by atoms with E-state index in [4.69, 9.17) is 5.73 Å². The molecular formula is C13H18N2O. The fraction of sp³-hybridized carbons (Fsp3) is 0.308. The molecule has 0 aliphatic carbocycles. The molecule has 0 aromatic heterocycles. The van der Waals surface area contributed by atoms with Crippen molar-refractivity contribution in [2.75, 3.05) is 12.3 Å². The maximum atomic E-state index is 11.6. The monoisotopic (exact) mass is 218 g/mol. The molecule has 1 rings (SSSR count). The van der Waals surface area contributed by atoms with Gasteiger partial charge < -0.3 is 11.1 Å². The van der Waals surface area contributed by atoms with Crippen molar-refractivity contribution in [1.29, 1.82) is 0 Å². The number of hydrogen-bond donors (Lipinski definition) is 2. The first-order valence-corrected chi connectivity index (χ1v) is 5.33. The number of nitrogens with one attached hydrogen (secondary N) is 1. The summed E-state index contributed by atoms with van der Waals surface area (Å²) < 4.78 is 0. The van der Waals surface area contributed by atoms with Crippen LogP contribution in [0.1, 0.15) is 19.4 Å². The normalized spacial score (nSPS) is 9.62. The molecule has 0 saturated heterocycles. The maximum absolute atomic E-state index is 11.6. The Kier molecular flexibility index (Phi) is 4.58. The second-order valence-electron chi connectivity index (χ2n) is 3.96. The number of carbonyl (C=O) groups excluding carboxylic acids is 1. The van der Waals surface area contributed by atoms with Crippen LogP contribution in [0.15, 0.2) is 35.9 Å². The second-order valence-corrected chi connectivity index (χ2v) is 3.96. The van der Waals surface area contributed by atoms with Gasteiger partial charge in [0.25, 0.3) is 0 Å². The molecule has 0 atom stereocenters. The summed E-state index contributed by atoms with van der Waals surface area (Å²) >= 11 is 0. The highest BCUT2D eigenvalue weighted by Crippen LogP contribution is 2.10. The van der Waals surface area contributed by atoms with E-state index in [1.807, 2.05) is 38.1 Å². The van der Waals surface area contributed by atoms with Crippen LogP contribution in [0.4, 0.5) is 5.69 Å². The van der Waals surface area contributed by atoms with E-state index in [2.05, 4.69) is 5.32 Å². The van der Waals surface area contributed by atoms with E-state index < -0.39 is 0 Å². The molecular weight excluding hydrogens is 200 g/mol. The highest BCUT2D eigenvalue weighted by atomic mass is 16.1. The lowest BCUT2D eigenvalue weighted by Crippen LogP contribution is -2.25. The molecule has 0 radical (unpaired) electrons. The molecule has 1 aromatic rings. The molecule has 0 bridgehead atoms. The molecule has 3 nitrogen and oxygen atoms in total. The van der Waals surface area contributed by atoms with Gasteiger partial charge in [-0.3, -0.25) is 4.79 Å². The third kappa shape index (κ3) is 4.17. The lowest BCUT2D eigenvalue weighted by Gasteiger charge is -2.05. The molecule has 1 amide bonds. The third-order valence-electron chi connectivity index (χ3n) is 2.22. The van der Waals surface area contributed by atoms with Gasteiger partial charge in [0, 0.05) is 12.2 Å². The number of nitrogen functional groups attached to an aromatic ring is 1. The van der Waals surface area contributed by atoms with Gasteiger partial charge in [-0.2, -0.15) is 0 Å². The number of amides is 1. The van der Waals surface area contributed by atoms with Crippen LogP contribution in [0, 0.1) is 0 Å². The number of carbonyl (C=O) groups is 1. The molecule has 0 heterocycles. The Hall–Kier alpha value is -1.77. The van der Waals surface area contributed by atoms with Crippen LogP contribution in [0.5, 0.6) is 0 Å². The predicted octanol–water partition coefficient (Wildman–Crippen LogP) is 1.89. The van der Waals surface area contributed by atoms with Gasteiger partial charge in [-0.1, -0.05) is 29.8 Å². The van der Waals surface area contributed by atoms with E-state index in [1.165, 1.54) is 5.57 Å². The van der Waals surface area contributed by atoms with Gasteiger partial charge >= 0.3 is 0 Å². The van der Waals surface area contributed by atoms with Gasteiger partial charge in [-0.15, -0.1) is 0 Å². The van der Waals surface area contributed by atoms with E-state index >= 15 is 0 Å². The molecule has 86 valence electrons. The first kappa shape index (κ1) is 12.3. The third-order valence-corrected chi connectivity index (χ3v) is 2.22. The highest BCUT2D eigenvalue weighted by Gasteiger charge is 2.04. The maximum Gasteiger partial charge on any atom is 0.224 e. The Balaban J connectivity index is 2.46. The van der Waals surface area contributed by atoms with Crippen molar-refractivity contribution >= 4 is 11.6 Å². The van der Waals surface area contributed by atoms with Gasteiger partial charge in [0.05, 0.1) is 6.42 Å². The summed E-state index contributed by atoms with van der Waals surface area (Å²) in [5.74, 6) is -0.00426. The molecule has 0 aliphatic rings. The van der Waals surface area contributed by atoms with E-state index in [9.17, 15) is 4.79 Å².